The first-order chi connectivity index (χ1) is 44.0. The van der Waals surface area contributed by atoms with Crippen LogP contribution in [0.4, 0.5) is 11.6 Å². The minimum Gasteiger partial charge on any atom is -0.480 e. The van der Waals surface area contributed by atoms with Gasteiger partial charge in [0, 0.05) is 63.4 Å². The number of carbonyl (C=O) groups excluding carboxylic acids is 3. The number of unbranched alkanes of at least 4 members (excludes halogenated alkanes) is 10. The molecular weight excluding hydrogens is 1370 g/mol. The number of aromatic amines is 2. The standard InChI is InChI=1S/C12H27NS.C11H15NS.C10H17N3O6S.C6H13NS.C6H7NS.C4H11NS.C3H7NO2S.C3H9NS.C2H4N4S.C2H7NS/c13-11-9-7-5-3-1-2-4-6-8-10-12-14;13-11-4-2-1-3-10(11)9-5-7-12-8-6-9;11-7(19-5-14)1-2-8(15)13-6(4-20)10(18)12-3-9(16)17;2*7-5-1-3-6(8)4-2-5;5-3-1-2-4-6;4-2(1-7)3(5)6;4-2-1-3-5;3-1-4-2(7)6-5-1;3-1-2-4/h14H,1-13H2;1-4,9,12-13H,5-8H2;5-7,20H,1-4,11H2,(H,12,18)(H,13,15)(H,16,17);5-6,8H,1-4,7H2;1-4,8H,7H2;6H,1-5H2;2,7H,1,4H2,(H,5,6);5H,1-4H2;(H4,3,4,5,6,7);4H,1-3H2. The van der Waals surface area contributed by atoms with Crippen LogP contribution in [0.1, 0.15) is 146 Å². The average Bonchev–Trinajstić information content (AvgIpc) is 1.36. The lowest BCUT2D eigenvalue weighted by molar-refractivity contribution is -0.138. The number of aliphatic carboxylic acids is 2. The molecule has 1 saturated heterocycles. The smallest absolute Gasteiger partial charge is 0.322 e. The van der Waals surface area contributed by atoms with Crippen molar-refractivity contribution in [1.82, 2.24) is 31.1 Å². The second kappa shape index (κ2) is 74.4. The van der Waals surface area contributed by atoms with Gasteiger partial charge in [-0.3, -0.25) is 39.9 Å². The number of ether oxygens (including phenoxy) is 1. The number of hydrogen-bond acceptors (Lipinski definition) is 27. The van der Waals surface area contributed by atoms with Crippen molar-refractivity contribution in [2.24, 2.45) is 40.1 Å². The zero-order chi connectivity index (χ0) is 70.6. The lowest BCUT2D eigenvalue weighted by atomic mass is 9.90. The van der Waals surface area contributed by atoms with Gasteiger partial charge in [-0.15, -0.1) is 25.3 Å². The molecule has 1 aliphatic carbocycles. The highest BCUT2D eigenvalue weighted by atomic mass is 32.1. The molecule has 0 radical (unpaired) electrons. The Morgan fingerprint density at radius 2 is 1.16 bits per heavy atom. The summed E-state index contributed by atoms with van der Waals surface area (Å²) in [6.45, 7) is 5.05. The van der Waals surface area contributed by atoms with E-state index in [2.05, 4.69) is 180 Å². The molecule has 3 atom stereocenters. The molecule has 2 aliphatic rings. The first-order valence-corrected chi connectivity index (χ1v) is 36.5. The van der Waals surface area contributed by atoms with Gasteiger partial charge in [0.15, 0.2) is 6.23 Å². The predicted octanol–water partition coefficient (Wildman–Crippen LogP) is 6.97. The maximum atomic E-state index is 11.5. The van der Waals surface area contributed by atoms with Crippen LogP contribution in [0.15, 0.2) is 58.3 Å². The van der Waals surface area contributed by atoms with Crippen LogP contribution in [0.3, 0.4) is 0 Å². The maximum Gasteiger partial charge on any atom is 0.322 e. The van der Waals surface area contributed by atoms with Crippen LogP contribution in [-0.4, -0.2) is 166 Å². The molecule has 33 heteroatoms. The summed E-state index contributed by atoms with van der Waals surface area (Å²) in [5.41, 5.74) is 49.3. The van der Waals surface area contributed by atoms with E-state index in [4.69, 9.17) is 61.8 Å². The first kappa shape index (κ1) is 98.3. The van der Waals surface area contributed by atoms with Crippen LogP contribution in [-0.2, 0) is 28.7 Å². The highest BCUT2D eigenvalue weighted by Gasteiger charge is 2.20. The van der Waals surface area contributed by atoms with Gasteiger partial charge < -0.3 is 76.8 Å². The molecule has 0 bridgehead atoms. The van der Waals surface area contributed by atoms with Gasteiger partial charge >= 0.3 is 11.9 Å². The van der Waals surface area contributed by atoms with Crippen molar-refractivity contribution < 1.29 is 38.9 Å². The molecule has 3 aromatic rings. The van der Waals surface area contributed by atoms with Gasteiger partial charge in [0.1, 0.15) is 18.6 Å². The van der Waals surface area contributed by atoms with E-state index in [1.54, 1.807) is 0 Å². The molecule has 3 unspecified atom stereocenters. The van der Waals surface area contributed by atoms with Crippen molar-refractivity contribution in [3.05, 3.63) is 58.9 Å². The molecule has 536 valence electrons. The number of anilines is 2. The van der Waals surface area contributed by atoms with Gasteiger partial charge in [0.05, 0.1) is 0 Å². The second-order valence-corrected chi connectivity index (χ2v) is 24.9. The van der Waals surface area contributed by atoms with Crippen LogP contribution in [0, 0.1) is 4.77 Å². The molecule has 2 heterocycles. The summed E-state index contributed by atoms with van der Waals surface area (Å²) in [5.74, 6) is 1.63. The Morgan fingerprint density at radius 1 is 0.674 bits per heavy atom. The summed E-state index contributed by atoms with van der Waals surface area (Å²) in [5, 5.41) is 30.0. The molecule has 25 N–H and O–H groups in total. The predicted molar refractivity (Wildman–Crippen MR) is 416 cm³/mol. The number of thiol groups is 9. The Hall–Kier alpha value is -2.42. The van der Waals surface area contributed by atoms with Crippen molar-refractivity contribution in [3.8, 4) is 0 Å². The van der Waals surface area contributed by atoms with Crippen molar-refractivity contribution in [2.45, 2.75) is 180 Å². The van der Waals surface area contributed by atoms with E-state index in [0.717, 1.165) is 96.4 Å². The lowest BCUT2D eigenvalue weighted by Gasteiger charge is -2.23. The number of hydrogen-bond donors (Lipinski definition) is 25. The van der Waals surface area contributed by atoms with E-state index in [1.807, 2.05) is 30.3 Å². The summed E-state index contributed by atoms with van der Waals surface area (Å²) < 4.78 is 4.78. The van der Waals surface area contributed by atoms with Gasteiger partial charge in [-0.05, 0) is 175 Å². The minimum absolute atomic E-state index is 0.00802. The second-order valence-electron chi connectivity index (χ2n) is 20.3. The third kappa shape index (κ3) is 71.9. The average molecular weight is 1490 g/mol. The number of nitrogens with one attached hydrogen (secondary N) is 5. The van der Waals surface area contributed by atoms with Crippen LogP contribution < -0.4 is 67.6 Å². The Labute approximate surface area is 604 Å². The maximum absolute atomic E-state index is 11.5. The normalized spacial score (nSPS) is 14.4. The van der Waals surface area contributed by atoms with Gasteiger partial charge in [0.25, 0.3) is 6.47 Å². The summed E-state index contributed by atoms with van der Waals surface area (Å²) in [6.07, 6.45) is 23.4. The fraction of sp³-hybridized carbons (Fsp3) is 0.678. The number of aromatic nitrogens is 3. The van der Waals surface area contributed by atoms with E-state index in [-0.39, 0.29) is 30.8 Å². The zero-order valence-electron chi connectivity index (χ0n) is 53.6. The SMILES string of the molecule is NC(CCC(=O)NC(CS)C(=O)NCC(=O)O)OC=O.NC(CS)C(=O)O.NC1CCC(S)CC1.NCCCCCCCCCCCCS.NCCCCS.NCCCS.NCCS.Nc1ccc(S)cc1.Nc1nc(=S)[nH][nH]1.Sc1ccccc1C1CCNCC1. The molecule has 5 rings (SSSR count). The fourth-order valence-corrected chi connectivity index (χ4v) is 9.06. The van der Waals surface area contributed by atoms with E-state index >= 15 is 0 Å². The number of rotatable bonds is 30. The number of nitrogens with zero attached hydrogens (tertiary/aromatic N) is 1. The minimum atomic E-state index is -1.19. The number of H-pyrrole nitrogens is 2. The number of carbonyl (C=O) groups is 5. The fourth-order valence-electron chi connectivity index (χ4n) is 7.08. The summed E-state index contributed by atoms with van der Waals surface area (Å²) in [6, 6.07) is 14.5. The summed E-state index contributed by atoms with van der Waals surface area (Å²) in [7, 11) is 0. The molecule has 2 aromatic carbocycles. The Bertz CT molecular complexity index is 2150. The summed E-state index contributed by atoms with van der Waals surface area (Å²) >= 11 is 40.9. The highest BCUT2D eigenvalue weighted by Crippen LogP contribution is 2.29. The van der Waals surface area contributed by atoms with E-state index < -0.39 is 48.6 Å². The number of nitrogens with two attached hydrogens (primary N) is 9. The lowest BCUT2D eigenvalue weighted by Crippen LogP contribution is -2.49. The van der Waals surface area contributed by atoms with Crippen LogP contribution >= 0.6 is 126 Å². The van der Waals surface area contributed by atoms with Crippen molar-refractivity contribution in [3.63, 3.8) is 0 Å². The van der Waals surface area contributed by atoms with Crippen LogP contribution in [0.2, 0.25) is 0 Å². The largest absolute Gasteiger partial charge is 0.480 e. The van der Waals surface area contributed by atoms with Gasteiger partial charge in [-0.2, -0.15) is 93.4 Å². The molecule has 0 spiro atoms. The molecule has 1 saturated carbocycles. The molecule has 1 aliphatic heterocycles. The van der Waals surface area contributed by atoms with Gasteiger partial charge in [-0.25, -0.2) is 0 Å². The van der Waals surface area contributed by atoms with Gasteiger partial charge in [-0.1, -0.05) is 69.6 Å². The third-order valence-corrected chi connectivity index (χ3v) is 15.6. The molecule has 92 heavy (non-hydrogen) atoms. The van der Waals surface area contributed by atoms with Crippen molar-refractivity contribution in [1.29, 1.82) is 0 Å². The van der Waals surface area contributed by atoms with E-state index in [1.165, 1.54) is 108 Å². The quantitative estimate of drug-likeness (QED) is 0.00799. The monoisotopic (exact) mass is 1480 g/mol. The Kier molecular flexibility index (Phi) is 79.4. The van der Waals surface area contributed by atoms with Crippen molar-refractivity contribution in [2.75, 3.05) is 91.8 Å². The zero-order valence-corrected chi connectivity index (χ0v) is 62.5. The van der Waals surface area contributed by atoms with Crippen LogP contribution in [0.25, 0.3) is 0 Å². The van der Waals surface area contributed by atoms with Gasteiger partial charge in [0.2, 0.25) is 22.5 Å². The Morgan fingerprint density at radius 3 is 1.51 bits per heavy atom. The number of piperidine rings is 1. The van der Waals surface area contributed by atoms with E-state index in [9.17, 15) is 24.0 Å². The summed E-state index contributed by atoms with van der Waals surface area (Å²) in [4.78, 5) is 58.8. The number of nitrogen functional groups attached to an aromatic ring is 2. The number of amides is 2. The molecule has 23 nitrogen and oxygen atoms in total. The molecule has 1 aromatic heterocycles. The number of benzene rings is 2. The number of carboxylic acid groups (broad SMARTS) is 2. The highest BCUT2D eigenvalue weighted by molar-refractivity contribution is 7.81. The molecule has 2 fully saturated rings. The Balaban J connectivity index is -0.000000316. The number of carboxylic acids is 2. The first-order valence-electron chi connectivity index (χ1n) is 30.9. The van der Waals surface area contributed by atoms with Crippen LogP contribution in [0.5, 0.6) is 0 Å². The topological polar surface area (TPSA) is 450 Å². The third-order valence-electron chi connectivity index (χ3n) is 12.2. The molecular formula is C59H117N15O8S10. The molecule has 2 amide bonds. The van der Waals surface area contributed by atoms with Crippen molar-refractivity contribution >= 4 is 168 Å². The van der Waals surface area contributed by atoms with E-state index in [0.29, 0.717) is 28.6 Å².